The predicted molar refractivity (Wildman–Crippen MR) is 68.3 cm³/mol. The smallest absolute Gasteiger partial charge is 0.217 e. The van der Waals surface area contributed by atoms with E-state index in [9.17, 15) is 0 Å². The summed E-state index contributed by atoms with van der Waals surface area (Å²) < 4.78 is 0. The standard InChI is InChI=1S/C13H18BN/c1-9-12-6-5-11(13(2,3)4)7-10(12)8-15(9)14/h5-7H,1,8,14H2,2-4H3. The van der Waals surface area contributed by atoms with Crippen LogP contribution in [-0.2, 0) is 12.0 Å². The summed E-state index contributed by atoms with van der Waals surface area (Å²) in [5.74, 6) is 0. The molecule has 0 aromatic heterocycles. The van der Waals surface area contributed by atoms with Crippen LogP contribution in [0.1, 0.15) is 37.5 Å². The molecule has 1 aliphatic rings. The molecule has 15 heavy (non-hydrogen) atoms. The first-order chi connectivity index (χ1) is 6.89. The number of fused-ring (bicyclic) bond motifs is 1. The lowest BCUT2D eigenvalue weighted by atomic mass is 9.85. The van der Waals surface area contributed by atoms with E-state index in [1.54, 1.807) is 0 Å². The average molecular weight is 199 g/mol. The third-order valence-corrected chi connectivity index (χ3v) is 3.15. The minimum absolute atomic E-state index is 0.234. The molecule has 0 atom stereocenters. The van der Waals surface area contributed by atoms with E-state index in [4.69, 9.17) is 0 Å². The van der Waals surface area contributed by atoms with Crippen molar-refractivity contribution in [3.05, 3.63) is 41.5 Å². The van der Waals surface area contributed by atoms with Gasteiger partial charge in [-0.25, -0.2) is 0 Å². The van der Waals surface area contributed by atoms with Gasteiger partial charge in [-0.05, 0) is 16.5 Å². The Morgan fingerprint density at radius 1 is 1.33 bits per heavy atom. The second-order valence-corrected chi connectivity index (χ2v) is 5.42. The van der Waals surface area contributed by atoms with Crippen LogP contribution in [0, 0.1) is 0 Å². The summed E-state index contributed by atoms with van der Waals surface area (Å²) in [6.45, 7) is 11.8. The zero-order valence-corrected chi connectivity index (χ0v) is 10.1. The van der Waals surface area contributed by atoms with Crippen LogP contribution in [0.2, 0.25) is 0 Å². The van der Waals surface area contributed by atoms with Crippen molar-refractivity contribution in [1.29, 1.82) is 0 Å². The van der Waals surface area contributed by atoms with Crippen LogP contribution in [0.25, 0.3) is 5.70 Å². The van der Waals surface area contributed by atoms with Crippen LogP contribution >= 0.6 is 0 Å². The summed E-state index contributed by atoms with van der Waals surface area (Å²) in [5.41, 5.74) is 5.51. The first-order valence-electron chi connectivity index (χ1n) is 5.43. The second-order valence-electron chi connectivity index (χ2n) is 5.42. The number of benzene rings is 1. The molecule has 0 fully saturated rings. The van der Waals surface area contributed by atoms with Gasteiger partial charge in [-0.2, -0.15) is 0 Å². The van der Waals surface area contributed by atoms with Crippen molar-refractivity contribution < 1.29 is 0 Å². The maximum absolute atomic E-state index is 4.09. The van der Waals surface area contributed by atoms with Gasteiger partial charge in [0, 0.05) is 17.8 Å². The highest BCUT2D eigenvalue weighted by atomic mass is 15.1. The Labute approximate surface area is 93.2 Å². The van der Waals surface area contributed by atoms with E-state index in [0.29, 0.717) is 0 Å². The number of rotatable bonds is 0. The van der Waals surface area contributed by atoms with E-state index in [0.717, 1.165) is 12.2 Å². The molecule has 0 aliphatic carbocycles. The van der Waals surface area contributed by atoms with Crippen molar-refractivity contribution in [3.63, 3.8) is 0 Å². The predicted octanol–water partition coefficient (Wildman–Crippen LogP) is 2.32. The molecule has 0 radical (unpaired) electrons. The van der Waals surface area contributed by atoms with Gasteiger partial charge in [0.2, 0.25) is 7.98 Å². The molecule has 1 aromatic carbocycles. The Bertz CT molecular complexity index is 415. The number of nitrogens with zero attached hydrogens (tertiary/aromatic N) is 1. The van der Waals surface area contributed by atoms with Crippen molar-refractivity contribution in [2.24, 2.45) is 0 Å². The van der Waals surface area contributed by atoms with E-state index >= 15 is 0 Å². The van der Waals surface area contributed by atoms with Gasteiger partial charge >= 0.3 is 0 Å². The summed E-state index contributed by atoms with van der Waals surface area (Å²) >= 11 is 0. The van der Waals surface area contributed by atoms with Crippen LogP contribution in [0.3, 0.4) is 0 Å². The van der Waals surface area contributed by atoms with E-state index in [1.807, 2.05) is 0 Å². The van der Waals surface area contributed by atoms with Gasteiger partial charge in [0.05, 0.1) is 0 Å². The topological polar surface area (TPSA) is 3.24 Å². The summed E-state index contributed by atoms with van der Waals surface area (Å²) in [5, 5.41) is 0. The van der Waals surface area contributed by atoms with Gasteiger partial charge in [0.1, 0.15) is 0 Å². The molecule has 0 saturated heterocycles. The Hall–Kier alpha value is -1.18. The maximum Gasteiger partial charge on any atom is 0.217 e. The van der Waals surface area contributed by atoms with Crippen LogP contribution in [0.5, 0.6) is 0 Å². The van der Waals surface area contributed by atoms with Gasteiger partial charge in [-0.15, -0.1) is 0 Å². The highest BCUT2D eigenvalue weighted by Gasteiger charge is 2.21. The van der Waals surface area contributed by atoms with Crippen LogP contribution < -0.4 is 0 Å². The van der Waals surface area contributed by atoms with Crippen LogP contribution in [0.15, 0.2) is 24.8 Å². The highest BCUT2D eigenvalue weighted by molar-refractivity contribution is 6.10. The molecular formula is C13H18BN. The first kappa shape index (κ1) is 10.3. The molecule has 0 amide bonds. The summed E-state index contributed by atoms with van der Waals surface area (Å²) in [6, 6.07) is 6.76. The average Bonchev–Trinajstić information content (AvgIpc) is 2.41. The molecule has 78 valence electrons. The fraction of sp³-hybridized carbons (Fsp3) is 0.385. The Morgan fingerprint density at radius 2 is 2.00 bits per heavy atom. The van der Waals surface area contributed by atoms with Gasteiger partial charge in [-0.3, -0.25) is 0 Å². The third-order valence-electron chi connectivity index (χ3n) is 3.15. The zero-order chi connectivity index (χ0) is 11.2. The minimum Gasteiger partial charge on any atom is -0.418 e. The third kappa shape index (κ3) is 1.69. The van der Waals surface area contributed by atoms with Gasteiger partial charge in [0.15, 0.2) is 0 Å². The molecule has 0 saturated carbocycles. The quantitative estimate of drug-likeness (QED) is 0.579. The van der Waals surface area contributed by atoms with Crippen molar-refractivity contribution in [3.8, 4) is 0 Å². The van der Waals surface area contributed by atoms with E-state index in [2.05, 4.69) is 58.3 Å². The van der Waals surface area contributed by atoms with Crippen molar-refractivity contribution >= 4 is 13.7 Å². The molecular weight excluding hydrogens is 181 g/mol. The van der Waals surface area contributed by atoms with Crippen LogP contribution in [-0.4, -0.2) is 12.8 Å². The fourth-order valence-corrected chi connectivity index (χ4v) is 2.03. The largest absolute Gasteiger partial charge is 0.418 e. The van der Waals surface area contributed by atoms with Crippen molar-refractivity contribution in [1.82, 2.24) is 4.81 Å². The molecule has 0 N–H and O–H groups in total. The molecule has 2 rings (SSSR count). The molecule has 1 aromatic rings. The molecule has 1 heterocycles. The van der Waals surface area contributed by atoms with Gasteiger partial charge in [-0.1, -0.05) is 45.5 Å². The summed E-state index contributed by atoms with van der Waals surface area (Å²) in [6.07, 6.45) is 0. The number of hydrogen-bond donors (Lipinski definition) is 0. The maximum atomic E-state index is 4.09. The zero-order valence-electron chi connectivity index (χ0n) is 10.1. The molecule has 1 aliphatic heterocycles. The summed E-state index contributed by atoms with van der Waals surface area (Å²) in [7, 11) is 2.10. The van der Waals surface area contributed by atoms with Crippen molar-refractivity contribution in [2.75, 3.05) is 0 Å². The monoisotopic (exact) mass is 199 g/mol. The lowest BCUT2D eigenvalue weighted by molar-refractivity contribution is 0.588. The Kier molecular flexibility index (Phi) is 2.18. The van der Waals surface area contributed by atoms with Gasteiger partial charge in [0.25, 0.3) is 0 Å². The fourth-order valence-electron chi connectivity index (χ4n) is 2.03. The highest BCUT2D eigenvalue weighted by Crippen LogP contribution is 2.33. The normalized spacial score (nSPS) is 15.7. The van der Waals surface area contributed by atoms with E-state index in [1.165, 1.54) is 16.7 Å². The Morgan fingerprint density at radius 3 is 2.60 bits per heavy atom. The lowest BCUT2D eigenvalue weighted by Crippen LogP contribution is -2.11. The summed E-state index contributed by atoms with van der Waals surface area (Å²) in [4.78, 5) is 2.21. The molecule has 1 nitrogen and oxygen atoms in total. The lowest BCUT2D eigenvalue weighted by Gasteiger charge is -2.19. The number of hydrogen-bond acceptors (Lipinski definition) is 1. The molecule has 0 unspecified atom stereocenters. The molecule has 0 spiro atoms. The Balaban J connectivity index is 2.47. The van der Waals surface area contributed by atoms with E-state index in [-0.39, 0.29) is 5.41 Å². The van der Waals surface area contributed by atoms with Gasteiger partial charge < -0.3 is 4.81 Å². The van der Waals surface area contributed by atoms with E-state index < -0.39 is 0 Å². The SMILES string of the molecule is BN1Cc2cc(C(C)(C)C)ccc2C1=C. The van der Waals surface area contributed by atoms with Crippen LogP contribution in [0.4, 0.5) is 0 Å². The minimum atomic E-state index is 0.234. The first-order valence-corrected chi connectivity index (χ1v) is 5.43. The van der Waals surface area contributed by atoms with Crippen molar-refractivity contribution in [2.45, 2.75) is 32.7 Å². The molecule has 2 heteroatoms. The second kappa shape index (κ2) is 3.16. The molecule has 0 bridgehead atoms.